The Morgan fingerprint density at radius 1 is 1.38 bits per heavy atom. The molecule has 5 nitrogen and oxygen atoms in total. The first-order valence-corrected chi connectivity index (χ1v) is 9.67. The van der Waals surface area contributed by atoms with Crippen molar-refractivity contribution in [2.45, 2.75) is 66.0 Å². The third-order valence-electron chi connectivity index (χ3n) is 5.59. The molecule has 2 fully saturated rings. The Morgan fingerprint density at radius 3 is 2.75 bits per heavy atom. The first kappa shape index (κ1) is 19.5. The van der Waals surface area contributed by atoms with Crippen LogP contribution in [-0.4, -0.2) is 49.5 Å². The molecule has 0 aromatic carbocycles. The van der Waals surface area contributed by atoms with E-state index in [9.17, 15) is 5.11 Å². The van der Waals surface area contributed by atoms with Gasteiger partial charge >= 0.3 is 0 Å². The van der Waals surface area contributed by atoms with Crippen LogP contribution >= 0.6 is 0 Å². The summed E-state index contributed by atoms with van der Waals surface area (Å²) in [7, 11) is 0. The Kier molecular flexibility index (Phi) is 6.93. The Labute approximate surface area is 147 Å². The number of guanidine groups is 1. The number of ether oxygens (including phenoxy) is 1. The van der Waals surface area contributed by atoms with Gasteiger partial charge in [0.15, 0.2) is 5.96 Å². The minimum atomic E-state index is 0.153. The van der Waals surface area contributed by atoms with E-state index in [0.717, 1.165) is 44.9 Å². The Morgan fingerprint density at radius 2 is 2.12 bits per heavy atom. The molecule has 5 heteroatoms. The van der Waals surface area contributed by atoms with Crippen LogP contribution in [-0.2, 0) is 4.74 Å². The minimum Gasteiger partial charge on any atom is -0.396 e. The fourth-order valence-electron chi connectivity index (χ4n) is 4.44. The average molecular weight is 340 g/mol. The maximum atomic E-state index is 9.29. The van der Waals surface area contributed by atoms with Gasteiger partial charge in [0.2, 0.25) is 0 Å². The lowest BCUT2D eigenvalue weighted by molar-refractivity contribution is -0.106. The molecule has 0 amide bonds. The van der Waals surface area contributed by atoms with E-state index in [2.05, 4.69) is 45.3 Å². The molecule has 1 saturated heterocycles. The van der Waals surface area contributed by atoms with Gasteiger partial charge < -0.3 is 20.5 Å². The molecule has 2 rings (SSSR count). The second kappa shape index (κ2) is 8.52. The number of aliphatic hydroxyl groups excluding tert-OH is 1. The molecule has 3 N–H and O–H groups in total. The van der Waals surface area contributed by atoms with Crippen LogP contribution < -0.4 is 10.6 Å². The normalized spacial score (nSPS) is 30.0. The maximum absolute atomic E-state index is 9.29. The number of aliphatic hydroxyl groups is 1. The molecule has 4 atom stereocenters. The van der Waals surface area contributed by atoms with Crippen LogP contribution in [0.25, 0.3) is 0 Å². The summed E-state index contributed by atoms with van der Waals surface area (Å²) in [6.45, 7) is 13.9. The predicted molar refractivity (Wildman–Crippen MR) is 99.2 cm³/mol. The maximum Gasteiger partial charge on any atom is 0.191 e. The van der Waals surface area contributed by atoms with Gasteiger partial charge in [0.05, 0.1) is 6.10 Å². The van der Waals surface area contributed by atoms with Crippen molar-refractivity contribution >= 4 is 5.96 Å². The first-order valence-electron chi connectivity index (χ1n) is 9.67. The third-order valence-corrected chi connectivity index (χ3v) is 5.59. The number of hydrogen-bond donors (Lipinski definition) is 3. The summed E-state index contributed by atoms with van der Waals surface area (Å²) in [5, 5.41) is 16.3. The fraction of sp³-hybridized carbons (Fsp3) is 0.947. The second-order valence-corrected chi connectivity index (χ2v) is 8.41. The van der Waals surface area contributed by atoms with Crippen LogP contribution in [0, 0.1) is 23.2 Å². The number of nitrogens with one attached hydrogen (secondary N) is 2. The van der Waals surface area contributed by atoms with Crippen molar-refractivity contribution in [1.29, 1.82) is 0 Å². The summed E-state index contributed by atoms with van der Waals surface area (Å²) >= 11 is 0. The molecule has 1 saturated carbocycles. The molecule has 24 heavy (non-hydrogen) atoms. The highest BCUT2D eigenvalue weighted by atomic mass is 16.5. The van der Waals surface area contributed by atoms with E-state index in [-0.39, 0.29) is 12.0 Å². The summed E-state index contributed by atoms with van der Waals surface area (Å²) in [6, 6.07) is 0.421. The van der Waals surface area contributed by atoms with E-state index < -0.39 is 0 Å². The number of rotatable bonds is 8. The molecule has 1 aliphatic carbocycles. The summed E-state index contributed by atoms with van der Waals surface area (Å²) < 4.78 is 5.88. The van der Waals surface area contributed by atoms with Gasteiger partial charge in [0, 0.05) is 43.7 Å². The van der Waals surface area contributed by atoms with Gasteiger partial charge in [-0.3, -0.25) is 4.99 Å². The zero-order chi connectivity index (χ0) is 17.7. The molecule has 0 radical (unpaired) electrons. The molecule has 2 aliphatic rings. The zero-order valence-electron chi connectivity index (χ0n) is 16.1. The molecule has 1 heterocycles. The summed E-state index contributed by atoms with van der Waals surface area (Å²) in [5.74, 6) is 2.59. The van der Waals surface area contributed by atoms with Gasteiger partial charge in [-0.25, -0.2) is 0 Å². The van der Waals surface area contributed by atoms with Crippen molar-refractivity contribution in [1.82, 2.24) is 10.6 Å². The van der Waals surface area contributed by atoms with E-state index in [4.69, 9.17) is 9.73 Å². The molecule has 1 aliphatic heterocycles. The molecular formula is C19H37N3O2. The van der Waals surface area contributed by atoms with Crippen LogP contribution in [0.15, 0.2) is 4.99 Å². The van der Waals surface area contributed by atoms with Crippen molar-refractivity contribution in [2.75, 3.05) is 26.3 Å². The smallest absolute Gasteiger partial charge is 0.191 e. The second-order valence-electron chi connectivity index (χ2n) is 8.41. The van der Waals surface area contributed by atoms with Gasteiger partial charge in [0.1, 0.15) is 0 Å². The Hall–Kier alpha value is -0.810. The highest BCUT2D eigenvalue weighted by Crippen LogP contribution is 2.52. The Balaban J connectivity index is 1.97. The van der Waals surface area contributed by atoms with Gasteiger partial charge in [-0.1, -0.05) is 27.7 Å². The lowest BCUT2D eigenvalue weighted by atomic mass is 9.57. The molecule has 0 spiro atoms. The van der Waals surface area contributed by atoms with Crippen LogP contribution in [0.2, 0.25) is 0 Å². The molecule has 4 unspecified atom stereocenters. The van der Waals surface area contributed by atoms with Crippen LogP contribution in [0.4, 0.5) is 0 Å². The topological polar surface area (TPSA) is 65.9 Å². The van der Waals surface area contributed by atoms with Crippen LogP contribution in [0.1, 0.15) is 53.9 Å². The number of aliphatic imine (C=N–C) groups is 1. The van der Waals surface area contributed by atoms with Gasteiger partial charge in [-0.15, -0.1) is 0 Å². The van der Waals surface area contributed by atoms with Crippen molar-refractivity contribution in [3.05, 3.63) is 0 Å². The third kappa shape index (κ3) is 4.42. The predicted octanol–water partition coefficient (Wildman–Crippen LogP) is 2.40. The fourth-order valence-corrected chi connectivity index (χ4v) is 4.44. The summed E-state index contributed by atoms with van der Waals surface area (Å²) in [5.41, 5.74) is 0.153. The molecule has 0 bridgehead atoms. The molecule has 0 aromatic heterocycles. The number of fused-ring (bicyclic) bond motifs is 1. The Bertz CT molecular complexity index is 423. The van der Waals surface area contributed by atoms with Gasteiger partial charge in [0.25, 0.3) is 0 Å². The van der Waals surface area contributed by atoms with Crippen LogP contribution in [0.5, 0.6) is 0 Å². The average Bonchev–Trinajstić information content (AvgIpc) is 2.96. The number of hydrogen-bond acceptors (Lipinski definition) is 3. The zero-order valence-corrected chi connectivity index (χ0v) is 16.1. The van der Waals surface area contributed by atoms with Crippen LogP contribution in [0.3, 0.4) is 0 Å². The minimum absolute atomic E-state index is 0.153. The van der Waals surface area contributed by atoms with Gasteiger partial charge in [-0.2, -0.15) is 0 Å². The summed E-state index contributed by atoms with van der Waals surface area (Å²) in [4.78, 5) is 4.83. The molecular weight excluding hydrogens is 302 g/mol. The first-order chi connectivity index (χ1) is 11.4. The van der Waals surface area contributed by atoms with Crippen molar-refractivity contribution in [3.8, 4) is 0 Å². The monoisotopic (exact) mass is 339 g/mol. The SMILES string of the molecule is CCNC(=NCC(CCO)CC(C)C)NC1C2CCOC2C1(C)C. The van der Waals surface area contributed by atoms with E-state index in [1.807, 2.05) is 0 Å². The van der Waals surface area contributed by atoms with Crippen molar-refractivity contribution in [2.24, 2.45) is 28.2 Å². The molecule has 140 valence electrons. The van der Waals surface area contributed by atoms with Crippen molar-refractivity contribution < 1.29 is 9.84 Å². The van der Waals surface area contributed by atoms with E-state index in [1.54, 1.807) is 0 Å². The highest BCUT2D eigenvalue weighted by molar-refractivity contribution is 5.80. The summed E-state index contributed by atoms with van der Waals surface area (Å²) in [6.07, 6.45) is 3.47. The lowest BCUT2D eigenvalue weighted by Gasteiger charge is -2.54. The highest BCUT2D eigenvalue weighted by Gasteiger charge is 2.59. The quantitative estimate of drug-likeness (QED) is 0.469. The molecule has 0 aromatic rings. The van der Waals surface area contributed by atoms with Crippen molar-refractivity contribution in [3.63, 3.8) is 0 Å². The van der Waals surface area contributed by atoms with E-state index >= 15 is 0 Å². The standard InChI is InChI=1S/C19H37N3O2/c1-6-20-18(21-12-14(7-9-23)11-13(2)3)22-16-15-8-10-24-17(15)19(16,4)5/h13-17,23H,6-12H2,1-5H3,(H2,20,21,22). The largest absolute Gasteiger partial charge is 0.396 e. The van der Waals surface area contributed by atoms with E-state index in [1.165, 1.54) is 0 Å². The van der Waals surface area contributed by atoms with Gasteiger partial charge in [-0.05, 0) is 38.0 Å². The number of nitrogens with zero attached hydrogens (tertiary/aromatic N) is 1. The lowest BCUT2D eigenvalue weighted by Crippen LogP contribution is -2.68. The van der Waals surface area contributed by atoms with E-state index in [0.29, 0.717) is 29.9 Å².